The molecule has 21 heavy (non-hydrogen) atoms. The molecule has 2 rings (SSSR count). The van der Waals surface area contributed by atoms with Crippen LogP contribution in [-0.2, 0) is 6.54 Å². The number of nitro groups is 1. The molecule has 1 amide bonds. The number of nitro benzene ring substituents is 1. The molecule has 0 fully saturated rings. The van der Waals surface area contributed by atoms with Gasteiger partial charge in [0.05, 0.1) is 4.92 Å². The van der Waals surface area contributed by atoms with Crippen molar-refractivity contribution in [2.24, 2.45) is 0 Å². The van der Waals surface area contributed by atoms with Gasteiger partial charge in [0.1, 0.15) is 0 Å². The van der Waals surface area contributed by atoms with Gasteiger partial charge >= 0.3 is 0 Å². The Kier molecular flexibility index (Phi) is 4.33. The normalized spacial score (nSPS) is 10.2. The molecule has 0 aromatic heterocycles. The van der Waals surface area contributed by atoms with E-state index in [1.807, 2.05) is 30.3 Å². The van der Waals surface area contributed by atoms with Crippen molar-refractivity contribution in [2.45, 2.75) is 13.5 Å². The minimum atomic E-state index is -0.447. The fourth-order valence-corrected chi connectivity index (χ4v) is 2.14. The van der Waals surface area contributed by atoms with E-state index < -0.39 is 4.92 Å². The third-order valence-electron chi connectivity index (χ3n) is 3.25. The molecule has 0 atom stereocenters. The van der Waals surface area contributed by atoms with Gasteiger partial charge in [0.2, 0.25) is 0 Å². The van der Waals surface area contributed by atoms with Gasteiger partial charge in [-0.2, -0.15) is 0 Å². The van der Waals surface area contributed by atoms with Gasteiger partial charge in [-0.05, 0) is 24.6 Å². The highest BCUT2D eigenvalue weighted by Crippen LogP contribution is 2.20. The molecular weight excluding hydrogens is 268 g/mol. The van der Waals surface area contributed by atoms with Gasteiger partial charge in [-0.25, -0.2) is 0 Å². The SMILES string of the molecule is Cc1cc(C(=O)N(C)Cc2ccccc2)ccc1[N+](=O)[O-]. The van der Waals surface area contributed by atoms with Crippen LogP contribution in [-0.4, -0.2) is 22.8 Å². The van der Waals surface area contributed by atoms with Crippen LogP contribution < -0.4 is 0 Å². The van der Waals surface area contributed by atoms with E-state index in [1.54, 1.807) is 24.9 Å². The van der Waals surface area contributed by atoms with E-state index in [1.165, 1.54) is 12.1 Å². The molecule has 0 aliphatic heterocycles. The summed E-state index contributed by atoms with van der Waals surface area (Å²) >= 11 is 0. The first-order chi connectivity index (χ1) is 9.99. The highest BCUT2D eigenvalue weighted by atomic mass is 16.6. The molecule has 5 nitrogen and oxygen atoms in total. The van der Waals surface area contributed by atoms with Crippen molar-refractivity contribution in [3.05, 3.63) is 75.3 Å². The molecule has 0 bridgehead atoms. The first-order valence-corrected chi connectivity index (χ1v) is 6.53. The second kappa shape index (κ2) is 6.17. The van der Waals surface area contributed by atoms with Crippen LogP contribution in [0.15, 0.2) is 48.5 Å². The lowest BCUT2D eigenvalue weighted by Gasteiger charge is -2.17. The highest BCUT2D eigenvalue weighted by Gasteiger charge is 2.16. The summed E-state index contributed by atoms with van der Waals surface area (Å²) in [4.78, 5) is 24.3. The summed E-state index contributed by atoms with van der Waals surface area (Å²) < 4.78 is 0. The predicted octanol–water partition coefficient (Wildman–Crippen LogP) is 3.18. The zero-order chi connectivity index (χ0) is 15.4. The molecule has 2 aromatic carbocycles. The third-order valence-corrected chi connectivity index (χ3v) is 3.25. The van der Waals surface area contributed by atoms with Crippen molar-refractivity contribution in [1.29, 1.82) is 0 Å². The summed E-state index contributed by atoms with van der Waals surface area (Å²) in [6, 6.07) is 14.1. The molecule has 0 heterocycles. The lowest BCUT2D eigenvalue weighted by Crippen LogP contribution is -2.26. The number of hydrogen-bond donors (Lipinski definition) is 0. The van der Waals surface area contributed by atoms with E-state index in [2.05, 4.69) is 0 Å². The van der Waals surface area contributed by atoms with Crippen molar-refractivity contribution in [3.8, 4) is 0 Å². The van der Waals surface area contributed by atoms with E-state index in [-0.39, 0.29) is 11.6 Å². The Morgan fingerprint density at radius 2 is 1.86 bits per heavy atom. The minimum absolute atomic E-state index is 0.0252. The number of rotatable bonds is 4. The minimum Gasteiger partial charge on any atom is -0.337 e. The Morgan fingerprint density at radius 3 is 2.43 bits per heavy atom. The topological polar surface area (TPSA) is 63.5 Å². The van der Waals surface area contributed by atoms with E-state index >= 15 is 0 Å². The molecule has 0 spiro atoms. The lowest BCUT2D eigenvalue weighted by atomic mass is 10.1. The van der Waals surface area contributed by atoms with E-state index in [9.17, 15) is 14.9 Å². The fraction of sp³-hybridized carbons (Fsp3) is 0.188. The van der Waals surface area contributed by atoms with Gasteiger partial charge in [0.15, 0.2) is 0 Å². The molecule has 0 aliphatic rings. The Bertz CT molecular complexity index is 668. The summed E-state index contributed by atoms with van der Waals surface area (Å²) in [6.45, 7) is 2.13. The summed E-state index contributed by atoms with van der Waals surface area (Å²) in [7, 11) is 1.71. The maximum atomic E-state index is 12.3. The number of hydrogen-bond acceptors (Lipinski definition) is 3. The maximum Gasteiger partial charge on any atom is 0.272 e. The zero-order valence-corrected chi connectivity index (χ0v) is 11.9. The molecule has 5 heteroatoms. The number of nitrogens with zero attached hydrogens (tertiary/aromatic N) is 2. The molecule has 0 radical (unpaired) electrons. The van der Waals surface area contributed by atoms with Gasteiger partial charge < -0.3 is 4.90 Å². The zero-order valence-electron chi connectivity index (χ0n) is 11.9. The summed E-state index contributed by atoms with van der Waals surface area (Å²) in [5.74, 6) is -0.156. The number of amides is 1. The molecular formula is C16H16N2O3. The van der Waals surface area contributed by atoms with Crippen LogP contribution in [0.2, 0.25) is 0 Å². The number of carbonyl (C=O) groups is 1. The Hall–Kier alpha value is -2.69. The fourth-order valence-electron chi connectivity index (χ4n) is 2.14. The molecule has 2 aromatic rings. The van der Waals surface area contributed by atoms with Gasteiger partial charge in [0, 0.05) is 30.8 Å². The van der Waals surface area contributed by atoms with Crippen LogP contribution >= 0.6 is 0 Å². The van der Waals surface area contributed by atoms with E-state index in [0.717, 1.165) is 5.56 Å². The van der Waals surface area contributed by atoms with Gasteiger partial charge in [-0.15, -0.1) is 0 Å². The van der Waals surface area contributed by atoms with Crippen LogP contribution in [0.1, 0.15) is 21.5 Å². The van der Waals surface area contributed by atoms with Gasteiger partial charge in [-0.3, -0.25) is 14.9 Å². The third kappa shape index (κ3) is 3.45. The Morgan fingerprint density at radius 1 is 1.19 bits per heavy atom. The van der Waals surface area contributed by atoms with Crippen LogP contribution in [0.3, 0.4) is 0 Å². The van der Waals surface area contributed by atoms with Crippen LogP contribution in [0.25, 0.3) is 0 Å². The van der Waals surface area contributed by atoms with Crippen molar-refractivity contribution < 1.29 is 9.72 Å². The van der Waals surface area contributed by atoms with E-state index in [4.69, 9.17) is 0 Å². The van der Waals surface area contributed by atoms with Crippen molar-refractivity contribution in [3.63, 3.8) is 0 Å². The Labute approximate surface area is 123 Å². The molecule has 0 saturated carbocycles. The van der Waals surface area contributed by atoms with Crippen LogP contribution in [0, 0.1) is 17.0 Å². The first kappa shape index (κ1) is 14.7. The molecule has 108 valence electrons. The lowest BCUT2D eigenvalue weighted by molar-refractivity contribution is -0.385. The number of aryl methyl sites for hydroxylation is 1. The van der Waals surface area contributed by atoms with Crippen LogP contribution in [0.4, 0.5) is 5.69 Å². The molecule has 0 saturated heterocycles. The molecule has 0 unspecified atom stereocenters. The predicted molar refractivity (Wildman–Crippen MR) is 80.1 cm³/mol. The maximum absolute atomic E-state index is 12.3. The molecule has 0 N–H and O–H groups in total. The summed E-state index contributed by atoms with van der Waals surface area (Å²) in [6.07, 6.45) is 0. The average molecular weight is 284 g/mol. The van der Waals surface area contributed by atoms with Crippen molar-refractivity contribution >= 4 is 11.6 Å². The van der Waals surface area contributed by atoms with Gasteiger partial charge in [-0.1, -0.05) is 30.3 Å². The first-order valence-electron chi connectivity index (χ1n) is 6.53. The standard InChI is InChI=1S/C16H16N2O3/c1-12-10-14(8-9-15(12)18(20)21)16(19)17(2)11-13-6-4-3-5-7-13/h3-10H,11H2,1-2H3. The van der Waals surface area contributed by atoms with Crippen LogP contribution in [0.5, 0.6) is 0 Å². The molecule has 0 aliphatic carbocycles. The quantitative estimate of drug-likeness (QED) is 0.640. The van der Waals surface area contributed by atoms with Crippen molar-refractivity contribution in [1.82, 2.24) is 4.90 Å². The summed E-state index contributed by atoms with van der Waals surface area (Å²) in [5.41, 5.74) is 2.00. The highest BCUT2D eigenvalue weighted by molar-refractivity contribution is 5.94. The Balaban J connectivity index is 2.16. The van der Waals surface area contributed by atoms with Crippen molar-refractivity contribution in [2.75, 3.05) is 7.05 Å². The van der Waals surface area contributed by atoms with Gasteiger partial charge in [0.25, 0.3) is 11.6 Å². The second-order valence-corrected chi connectivity index (χ2v) is 4.91. The second-order valence-electron chi connectivity index (χ2n) is 4.91. The number of benzene rings is 2. The average Bonchev–Trinajstić information content (AvgIpc) is 2.47. The number of carbonyl (C=O) groups excluding carboxylic acids is 1. The summed E-state index contributed by atoms with van der Waals surface area (Å²) in [5, 5.41) is 10.8. The largest absolute Gasteiger partial charge is 0.337 e. The van der Waals surface area contributed by atoms with E-state index in [0.29, 0.717) is 17.7 Å². The monoisotopic (exact) mass is 284 g/mol. The smallest absolute Gasteiger partial charge is 0.272 e.